The van der Waals surface area contributed by atoms with Gasteiger partial charge in [-0.2, -0.15) is 0 Å². The summed E-state index contributed by atoms with van der Waals surface area (Å²) in [7, 11) is 3.15. The molecular formula is C26H26N2O6. The average molecular weight is 463 g/mol. The van der Waals surface area contributed by atoms with Gasteiger partial charge in [0, 0.05) is 37.0 Å². The number of hydrogen-bond acceptors (Lipinski definition) is 6. The molecule has 5 rings (SSSR count). The molecular weight excluding hydrogens is 436 g/mol. The predicted octanol–water partition coefficient (Wildman–Crippen LogP) is 2.73. The number of likely N-dealkylation sites (N-methyl/N-ethyl adjacent to an activating group) is 1. The molecule has 0 bridgehead atoms. The number of likely N-dealkylation sites (tertiary alicyclic amines) is 1. The van der Waals surface area contributed by atoms with Crippen LogP contribution in [0.2, 0.25) is 0 Å². The van der Waals surface area contributed by atoms with Crippen LogP contribution in [0.5, 0.6) is 5.75 Å². The van der Waals surface area contributed by atoms with E-state index < -0.39 is 28.9 Å². The van der Waals surface area contributed by atoms with Crippen molar-refractivity contribution in [2.75, 3.05) is 32.2 Å². The molecule has 8 heteroatoms. The van der Waals surface area contributed by atoms with Gasteiger partial charge in [0.2, 0.25) is 0 Å². The highest BCUT2D eigenvalue weighted by Crippen LogP contribution is 2.53. The maximum atomic E-state index is 13.9. The summed E-state index contributed by atoms with van der Waals surface area (Å²) in [5, 5.41) is 11.5. The van der Waals surface area contributed by atoms with Crippen molar-refractivity contribution in [1.29, 1.82) is 0 Å². The summed E-state index contributed by atoms with van der Waals surface area (Å²) < 4.78 is 11.1. The quantitative estimate of drug-likeness (QED) is 0.426. The van der Waals surface area contributed by atoms with Gasteiger partial charge in [-0.25, -0.2) is 0 Å². The van der Waals surface area contributed by atoms with Gasteiger partial charge in [0.15, 0.2) is 5.54 Å². The fourth-order valence-corrected chi connectivity index (χ4v) is 5.38. The van der Waals surface area contributed by atoms with Crippen LogP contribution >= 0.6 is 0 Å². The van der Waals surface area contributed by atoms with Gasteiger partial charge in [-0.1, -0.05) is 18.2 Å². The normalized spacial score (nSPS) is 25.5. The Morgan fingerprint density at radius 3 is 2.65 bits per heavy atom. The summed E-state index contributed by atoms with van der Waals surface area (Å²) in [6.07, 6.45) is 1.28. The van der Waals surface area contributed by atoms with Crippen molar-refractivity contribution in [3.05, 3.63) is 64.7 Å². The largest absolute Gasteiger partial charge is 0.507 e. The molecule has 2 aromatic rings. The van der Waals surface area contributed by atoms with E-state index in [9.17, 15) is 19.5 Å². The molecule has 34 heavy (non-hydrogen) atoms. The van der Waals surface area contributed by atoms with Gasteiger partial charge in [0.1, 0.15) is 11.5 Å². The fourth-order valence-electron chi connectivity index (χ4n) is 5.38. The van der Waals surface area contributed by atoms with E-state index in [1.807, 2.05) is 6.92 Å². The molecule has 2 saturated heterocycles. The van der Waals surface area contributed by atoms with E-state index in [0.717, 1.165) is 18.4 Å². The predicted molar refractivity (Wildman–Crippen MR) is 125 cm³/mol. The van der Waals surface area contributed by atoms with Gasteiger partial charge in [-0.05, 0) is 49.6 Å². The first kappa shape index (κ1) is 22.2. The minimum atomic E-state index is -1.76. The second-order valence-electron chi connectivity index (χ2n) is 8.88. The molecule has 2 unspecified atom stereocenters. The number of aryl methyl sites for hydroxylation is 1. The topological polar surface area (TPSA) is 96.4 Å². The first-order valence-electron chi connectivity index (χ1n) is 11.3. The van der Waals surface area contributed by atoms with Crippen LogP contribution in [0.3, 0.4) is 0 Å². The van der Waals surface area contributed by atoms with Gasteiger partial charge in [0.25, 0.3) is 17.6 Å². The zero-order valence-electron chi connectivity index (χ0n) is 19.3. The number of para-hydroxylation sites is 1. The molecule has 1 spiro atoms. The van der Waals surface area contributed by atoms with Crippen molar-refractivity contribution in [1.82, 2.24) is 4.90 Å². The Balaban J connectivity index is 1.78. The minimum Gasteiger partial charge on any atom is -0.507 e. The number of rotatable bonds is 4. The summed E-state index contributed by atoms with van der Waals surface area (Å²) >= 11 is 0. The molecule has 3 aliphatic heterocycles. The van der Waals surface area contributed by atoms with E-state index in [4.69, 9.17) is 9.47 Å². The van der Waals surface area contributed by atoms with Gasteiger partial charge < -0.3 is 24.4 Å². The van der Waals surface area contributed by atoms with Gasteiger partial charge in [-0.3, -0.25) is 14.4 Å². The summed E-state index contributed by atoms with van der Waals surface area (Å²) in [5.41, 5.74) is 0.164. The standard InChI is InChI=1S/C26H26N2O6/c1-15-13-16(10-11-20(15)33-3)22(29)21-23(30)24(31)28(14-17-7-6-12-34-17)26(21)18-8-4-5-9-19(18)27(2)25(26)32/h4-5,8-11,13,17,29H,6-7,12,14H2,1-3H3/b22-21+. The third kappa shape index (κ3) is 2.91. The Bertz CT molecular complexity index is 1250. The van der Waals surface area contributed by atoms with E-state index in [1.54, 1.807) is 56.6 Å². The van der Waals surface area contributed by atoms with Crippen molar-refractivity contribution in [3.8, 4) is 5.75 Å². The van der Waals surface area contributed by atoms with E-state index >= 15 is 0 Å². The lowest BCUT2D eigenvalue weighted by molar-refractivity contribution is -0.145. The maximum absolute atomic E-state index is 13.9. The third-order valence-electron chi connectivity index (χ3n) is 7.02. The second-order valence-corrected chi connectivity index (χ2v) is 8.88. The van der Waals surface area contributed by atoms with Crippen LogP contribution < -0.4 is 9.64 Å². The van der Waals surface area contributed by atoms with Crippen molar-refractivity contribution < 1.29 is 29.0 Å². The van der Waals surface area contributed by atoms with Crippen LogP contribution in [0.1, 0.15) is 29.5 Å². The number of fused-ring (bicyclic) bond motifs is 2. The van der Waals surface area contributed by atoms with Crippen LogP contribution in [-0.2, 0) is 24.7 Å². The molecule has 3 aliphatic rings. The van der Waals surface area contributed by atoms with E-state index in [2.05, 4.69) is 0 Å². The molecule has 0 aliphatic carbocycles. The third-order valence-corrected chi connectivity index (χ3v) is 7.02. The number of aliphatic hydroxyl groups excluding tert-OH is 1. The molecule has 3 heterocycles. The minimum absolute atomic E-state index is 0.0803. The van der Waals surface area contributed by atoms with Crippen LogP contribution in [0.25, 0.3) is 5.76 Å². The number of ether oxygens (including phenoxy) is 2. The van der Waals surface area contributed by atoms with E-state index in [0.29, 0.717) is 29.2 Å². The smallest absolute Gasteiger partial charge is 0.296 e. The number of carbonyl (C=O) groups is 3. The summed E-state index contributed by atoms with van der Waals surface area (Å²) in [6.45, 7) is 2.46. The highest BCUT2D eigenvalue weighted by Gasteiger charge is 2.67. The molecule has 1 N–H and O–H groups in total. The first-order chi connectivity index (χ1) is 16.3. The van der Waals surface area contributed by atoms with Crippen molar-refractivity contribution in [2.45, 2.75) is 31.4 Å². The van der Waals surface area contributed by atoms with E-state index in [-0.39, 0.29) is 18.2 Å². The number of anilines is 1. The Hall–Kier alpha value is -3.65. The average Bonchev–Trinajstić information content (AvgIpc) is 3.49. The Morgan fingerprint density at radius 1 is 1.21 bits per heavy atom. The zero-order chi connectivity index (χ0) is 24.2. The van der Waals surface area contributed by atoms with Crippen LogP contribution in [0.4, 0.5) is 5.69 Å². The Labute approximate surface area is 197 Å². The highest BCUT2D eigenvalue weighted by molar-refractivity contribution is 6.50. The molecule has 0 saturated carbocycles. The maximum Gasteiger partial charge on any atom is 0.296 e. The van der Waals surface area contributed by atoms with Crippen molar-refractivity contribution >= 4 is 29.0 Å². The van der Waals surface area contributed by atoms with Crippen LogP contribution in [0.15, 0.2) is 48.0 Å². The lowest BCUT2D eigenvalue weighted by Gasteiger charge is -2.35. The number of amides is 2. The van der Waals surface area contributed by atoms with Gasteiger partial charge in [-0.15, -0.1) is 0 Å². The van der Waals surface area contributed by atoms with Crippen LogP contribution in [-0.4, -0.2) is 61.0 Å². The first-order valence-corrected chi connectivity index (χ1v) is 11.3. The number of nitrogens with zero attached hydrogens (tertiary/aromatic N) is 2. The number of benzene rings is 2. The number of hydrogen-bond donors (Lipinski definition) is 1. The second kappa shape index (κ2) is 7.99. The Morgan fingerprint density at radius 2 is 1.97 bits per heavy atom. The number of methoxy groups -OCH3 is 1. The number of carbonyl (C=O) groups excluding carboxylic acids is 3. The summed E-state index contributed by atoms with van der Waals surface area (Å²) in [4.78, 5) is 43.6. The number of ketones is 1. The van der Waals surface area contributed by atoms with Crippen molar-refractivity contribution in [3.63, 3.8) is 0 Å². The monoisotopic (exact) mass is 462 g/mol. The fraction of sp³-hybridized carbons (Fsp3) is 0.346. The molecule has 2 fully saturated rings. The molecule has 0 aromatic heterocycles. The SMILES string of the molecule is COc1ccc(/C(O)=C2/C(=O)C(=O)N(CC3CCCO3)C23C(=O)N(C)c2ccccc23)cc1C. The summed E-state index contributed by atoms with van der Waals surface area (Å²) in [5.74, 6) is -1.94. The van der Waals surface area contributed by atoms with Gasteiger partial charge >= 0.3 is 0 Å². The van der Waals surface area contributed by atoms with Crippen molar-refractivity contribution in [2.24, 2.45) is 0 Å². The van der Waals surface area contributed by atoms with Gasteiger partial charge in [0.05, 0.1) is 18.8 Å². The molecule has 0 radical (unpaired) electrons. The zero-order valence-corrected chi connectivity index (χ0v) is 19.3. The number of aliphatic hydroxyl groups is 1. The molecule has 176 valence electrons. The molecule has 2 aromatic carbocycles. The molecule has 2 atom stereocenters. The Kier molecular flexibility index (Phi) is 5.20. The van der Waals surface area contributed by atoms with E-state index in [1.165, 1.54) is 9.80 Å². The lowest BCUT2D eigenvalue weighted by Crippen LogP contribution is -2.53. The number of Topliss-reactive ketones (excluding diaryl/α,β-unsaturated/α-hetero) is 1. The lowest BCUT2D eigenvalue weighted by atomic mass is 9.81. The van der Waals surface area contributed by atoms with Crippen LogP contribution in [0, 0.1) is 6.92 Å². The molecule has 8 nitrogen and oxygen atoms in total. The molecule has 2 amide bonds. The highest BCUT2D eigenvalue weighted by atomic mass is 16.5. The summed E-state index contributed by atoms with van der Waals surface area (Å²) in [6, 6.07) is 12.0.